The number of benzene rings is 1. The number of fused-ring (bicyclic) bond motifs is 4. The first-order valence-corrected chi connectivity index (χ1v) is 11.9. The number of carbonyl (C=O) groups is 3. The SMILES string of the molecule is CC(=O)OC(c1ccc2nc3n(c2c1)CCCS3)C1(Br)C(=O)N2C(C(=O)[O-])=CS[C@@H]21. The van der Waals surface area contributed by atoms with Crippen molar-refractivity contribution >= 4 is 68.3 Å². The van der Waals surface area contributed by atoms with Crippen LogP contribution in [0.5, 0.6) is 0 Å². The minimum absolute atomic E-state index is 0.177. The first kappa shape index (κ1) is 20.0. The van der Waals surface area contributed by atoms with E-state index in [1.165, 1.54) is 29.0 Å². The van der Waals surface area contributed by atoms with Crippen molar-refractivity contribution in [2.24, 2.45) is 0 Å². The van der Waals surface area contributed by atoms with Gasteiger partial charge in [0.2, 0.25) is 0 Å². The van der Waals surface area contributed by atoms with Crippen LogP contribution >= 0.6 is 39.5 Å². The molecule has 0 aliphatic carbocycles. The molecule has 30 heavy (non-hydrogen) atoms. The molecular formula is C19H15BrN3O5S2-. The van der Waals surface area contributed by atoms with Crippen LogP contribution in [-0.2, 0) is 25.7 Å². The van der Waals surface area contributed by atoms with Crippen molar-refractivity contribution in [3.05, 3.63) is 34.9 Å². The second-order valence-electron chi connectivity index (χ2n) is 7.21. The Labute approximate surface area is 188 Å². The van der Waals surface area contributed by atoms with Crippen molar-refractivity contribution in [2.75, 3.05) is 5.75 Å². The van der Waals surface area contributed by atoms with E-state index >= 15 is 0 Å². The predicted molar refractivity (Wildman–Crippen MR) is 113 cm³/mol. The van der Waals surface area contributed by atoms with E-state index in [-0.39, 0.29) is 5.70 Å². The minimum atomic E-state index is -1.42. The Morgan fingerprint density at radius 3 is 2.97 bits per heavy atom. The molecule has 0 bridgehead atoms. The zero-order chi connectivity index (χ0) is 21.2. The van der Waals surface area contributed by atoms with Crippen LogP contribution in [0.4, 0.5) is 0 Å². The zero-order valence-electron chi connectivity index (χ0n) is 15.7. The van der Waals surface area contributed by atoms with E-state index in [9.17, 15) is 19.5 Å². The predicted octanol–water partition coefficient (Wildman–Crippen LogP) is 1.78. The van der Waals surface area contributed by atoms with Crippen LogP contribution in [0.2, 0.25) is 0 Å². The van der Waals surface area contributed by atoms with E-state index in [0.717, 1.165) is 34.9 Å². The highest BCUT2D eigenvalue weighted by Crippen LogP contribution is 2.58. The van der Waals surface area contributed by atoms with Gasteiger partial charge in [0.15, 0.2) is 15.6 Å². The van der Waals surface area contributed by atoms with Crippen LogP contribution < -0.4 is 5.11 Å². The number of carboxylic acids is 1. The summed E-state index contributed by atoms with van der Waals surface area (Å²) < 4.78 is 6.46. The molecule has 1 saturated heterocycles. The fraction of sp³-hybridized carbons (Fsp3) is 0.368. The monoisotopic (exact) mass is 508 g/mol. The minimum Gasteiger partial charge on any atom is -0.543 e. The average Bonchev–Trinajstić information content (AvgIpc) is 3.31. The van der Waals surface area contributed by atoms with E-state index in [2.05, 4.69) is 25.5 Å². The van der Waals surface area contributed by atoms with Crippen LogP contribution in [0.15, 0.2) is 34.5 Å². The Hall–Kier alpha value is -1.98. The molecule has 1 amide bonds. The van der Waals surface area contributed by atoms with Gasteiger partial charge in [0.05, 0.1) is 22.7 Å². The lowest BCUT2D eigenvalue weighted by atomic mass is 9.86. The average molecular weight is 509 g/mol. The standard InChI is InChI=1S/C19H16BrN3O5S2/c1-9(24)28-14(19(20)16(27)23-13(15(25)26)8-30-17(19)23)10-3-4-11-12(7-10)22-5-2-6-29-18(22)21-11/h3-4,7-8,14,17H,2,5-6H2,1H3,(H,25,26)/p-1/t14?,17-,19?/m1/s1. The number of β-lactam (4-membered cyclic amide) rings is 1. The number of ether oxygens (including phenoxy) is 1. The summed E-state index contributed by atoms with van der Waals surface area (Å²) in [5, 5.41) is 13.1. The molecule has 2 unspecified atom stereocenters. The Balaban J connectivity index is 1.57. The molecule has 3 atom stereocenters. The molecule has 3 aliphatic heterocycles. The lowest BCUT2D eigenvalue weighted by Crippen LogP contribution is -2.70. The quantitative estimate of drug-likeness (QED) is 0.349. The number of aliphatic carboxylic acids is 1. The van der Waals surface area contributed by atoms with Crippen LogP contribution in [-0.4, -0.2) is 47.7 Å². The summed E-state index contributed by atoms with van der Waals surface area (Å²) >= 11 is 6.40. The number of aromatic nitrogens is 2. The van der Waals surface area contributed by atoms with Gasteiger partial charge in [-0.15, -0.1) is 11.8 Å². The molecule has 0 N–H and O–H groups in total. The molecule has 156 valence electrons. The first-order valence-electron chi connectivity index (χ1n) is 9.22. The van der Waals surface area contributed by atoms with E-state index in [0.29, 0.717) is 5.56 Å². The number of hydrogen-bond acceptors (Lipinski definition) is 8. The molecule has 8 nitrogen and oxygen atoms in total. The molecule has 1 aromatic heterocycles. The van der Waals surface area contributed by atoms with Crippen LogP contribution in [0, 0.1) is 0 Å². The van der Waals surface area contributed by atoms with Crippen LogP contribution in [0.3, 0.4) is 0 Å². The zero-order valence-corrected chi connectivity index (χ0v) is 18.9. The number of imidazole rings is 1. The normalized spacial score (nSPS) is 25.9. The van der Waals surface area contributed by atoms with Gasteiger partial charge in [0, 0.05) is 19.2 Å². The van der Waals surface area contributed by atoms with Gasteiger partial charge in [-0.25, -0.2) is 4.98 Å². The van der Waals surface area contributed by atoms with Crippen LogP contribution in [0.1, 0.15) is 25.0 Å². The summed E-state index contributed by atoms with van der Waals surface area (Å²) in [5.74, 6) is -1.41. The molecule has 3 aliphatic rings. The van der Waals surface area contributed by atoms with Crippen molar-refractivity contribution in [3.63, 3.8) is 0 Å². The first-order chi connectivity index (χ1) is 14.3. The van der Waals surface area contributed by atoms with Gasteiger partial charge in [0.25, 0.3) is 5.91 Å². The number of esters is 1. The second-order valence-corrected chi connectivity index (χ2v) is 10.5. The number of thioether (sulfide) groups is 2. The third kappa shape index (κ3) is 2.75. The number of halogens is 1. The molecule has 11 heteroatoms. The Morgan fingerprint density at radius 2 is 2.23 bits per heavy atom. The van der Waals surface area contributed by atoms with Gasteiger partial charge in [-0.2, -0.15) is 0 Å². The molecule has 1 aromatic carbocycles. The third-order valence-electron chi connectivity index (χ3n) is 5.38. The number of rotatable bonds is 4. The number of carbonyl (C=O) groups excluding carboxylic acids is 3. The van der Waals surface area contributed by atoms with Crippen LogP contribution in [0.25, 0.3) is 11.0 Å². The number of nitrogens with zero attached hydrogens (tertiary/aromatic N) is 3. The largest absolute Gasteiger partial charge is 0.543 e. The van der Waals surface area contributed by atoms with Gasteiger partial charge in [-0.1, -0.05) is 33.8 Å². The highest BCUT2D eigenvalue weighted by atomic mass is 79.9. The molecule has 0 radical (unpaired) electrons. The van der Waals surface area contributed by atoms with E-state index in [4.69, 9.17) is 4.74 Å². The maximum Gasteiger partial charge on any atom is 0.303 e. The number of aryl methyl sites for hydroxylation is 1. The fourth-order valence-electron chi connectivity index (χ4n) is 4.04. The highest BCUT2D eigenvalue weighted by Gasteiger charge is 2.68. The van der Waals surface area contributed by atoms with Gasteiger partial charge in [0.1, 0.15) is 5.37 Å². The Bertz CT molecular complexity index is 1150. The highest BCUT2D eigenvalue weighted by molar-refractivity contribution is 9.10. The van der Waals surface area contributed by atoms with Gasteiger partial charge in [-0.3, -0.25) is 14.5 Å². The topological polar surface area (TPSA) is 105 Å². The molecular weight excluding hydrogens is 494 g/mol. The number of amides is 1. The number of alkyl halides is 1. The second kappa shape index (κ2) is 7.03. The van der Waals surface area contributed by atoms with Crippen molar-refractivity contribution in [1.29, 1.82) is 0 Å². The lowest BCUT2D eigenvalue weighted by molar-refractivity contribution is -0.301. The Kier molecular flexibility index (Phi) is 4.67. The summed E-state index contributed by atoms with van der Waals surface area (Å²) in [6.45, 7) is 2.14. The van der Waals surface area contributed by atoms with E-state index < -0.39 is 33.6 Å². The van der Waals surface area contributed by atoms with E-state index in [1.807, 2.05) is 12.1 Å². The number of carboxylic acid groups (broad SMARTS) is 1. The number of hydrogen-bond donors (Lipinski definition) is 0. The summed E-state index contributed by atoms with van der Waals surface area (Å²) in [7, 11) is 0. The smallest absolute Gasteiger partial charge is 0.303 e. The Morgan fingerprint density at radius 1 is 1.43 bits per heavy atom. The molecule has 0 saturated carbocycles. The summed E-state index contributed by atoms with van der Waals surface area (Å²) in [6, 6.07) is 5.55. The van der Waals surface area contributed by atoms with E-state index in [1.54, 1.807) is 17.8 Å². The fourth-order valence-corrected chi connectivity index (χ4v) is 7.31. The molecule has 2 aromatic rings. The summed E-state index contributed by atoms with van der Waals surface area (Å²) in [6.07, 6.45) is 0.102. The third-order valence-corrected chi connectivity index (χ3v) is 9.13. The van der Waals surface area contributed by atoms with Crippen molar-refractivity contribution in [2.45, 2.75) is 40.8 Å². The molecule has 5 rings (SSSR count). The van der Waals surface area contributed by atoms with Gasteiger partial charge in [-0.05, 0) is 29.5 Å². The van der Waals surface area contributed by atoms with Crippen molar-refractivity contribution < 1.29 is 24.2 Å². The summed E-state index contributed by atoms with van der Waals surface area (Å²) in [5.41, 5.74) is 2.22. The molecule has 4 heterocycles. The van der Waals surface area contributed by atoms with Gasteiger partial charge < -0.3 is 19.2 Å². The molecule has 1 fully saturated rings. The summed E-state index contributed by atoms with van der Waals surface area (Å²) in [4.78, 5) is 42.1. The van der Waals surface area contributed by atoms with Crippen molar-refractivity contribution in [1.82, 2.24) is 14.5 Å². The maximum atomic E-state index is 13.0. The van der Waals surface area contributed by atoms with Gasteiger partial charge >= 0.3 is 5.97 Å². The molecule has 0 spiro atoms. The lowest BCUT2D eigenvalue weighted by Gasteiger charge is -2.52. The maximum absolute atomic E-state index is 13.0. The van der Waals surface area contributed by atoms with Crippen molar-refractivity contribution in [3.8, 4) is 0 Å².